The SMILES string of the molecule is CCN1CC(NC(=O)C2CSCCS2)C(C)(C)C1. The van der Waals surface area contributed by atoms with Crippen molar-refractivity contribution in [2.45, 2.75) is 32.1 Å². The Morgan fingerprint density at radius 3 is 2.78 bits per heavy atom. The molecule has 0 aromatic carbocycles. The van der Waals surface area contributed by atoms with Gasteiger partial charge in [-0.25, -0.2) is 0 Å². The molecule has 0 spiro atoms. The number of likely N-dealkylation sites (tertiary alicyclic amines) is 1. The van der Waals surface area contributed by atoms with Gasteiger partial charge in [0.25, 0.3) is 0 Å². The maximum Gasteiger partial charge on any atom is 0.234 e. The number of likely N-dealkylation sites (N-methyl/N-ethyl adjacent to an activating group) is 1. The molecule has 3 nitrogen and oxygen atoms in total. The fourth-order valence-electron chi connectivity index (χ4n) is 2.64. The Kier molecular flexibility index (Phi) is 4.89. The molecule has 0 aromatic heterocycles. The number of nitrogens with zero attached hydrogens (tertiary/aromatic N) is 1. The Balaban J connectivity index is 1.90. The quantitative estimate of drug-likeness (QED) is 0.856. The topological polar surface area (TPSA) is 32.3 Å². The molecule has 0 bridgehead atoms. The van der Waals surface area contributed by atoms with Crippen LogP contribution in [0.1, 0.15) is 20.8 Å². The lowest BCUT2D eigenvalue weighted by molar-refractivity contribution is -0.121. The number of nitrogens with one attached hydrogen (secondary N) is 1. The van der Waals surface area contributed by atoms with Gasteiger partial charge in [-0.05, 0) is 12.0 Å². The predicted octanol–water partition coefficient (Wildman–Crippen LogP) is 1.68. The smallest absolute Gasteiger partial charge is 0.234 e. The molecule has 0 saturated carbocycles. The molecule has 2 fully saturated rings. The maximum absolute atomic E-state index is 12.3. The molecule has 5 heteroatoms. The Morgan fingerprint density at radius 1 is 1.44 bits per heavy atom. The van der Waals surface area contributed by atoms with Crippen molar-refractivity contribution in [3.05, 3.63) is 0 Å². The lowest BCUT2D eigenvalue weighted by Crippen LogP contribution is -2.48. The van der Waals surface area contributed by atoms with E-state index in [-0.39, 0.29) is 16.6 Å². The highest BCUT2D eigenvalue weighted by Gasteiger charge is 2.40. The van der Waals surface area contributed by atoms with Crippen LogP contribution in [0.25, 0.3) is 0 Å². The van der Waals surface area contributed by atoms with Gasteiger partial charge in [0.1, 0.15) is 0 Å². The molecule has 2 atom stereocenters. The summed E-state index contributed by atoms with van der Waals surface area (Å²) >= 11 is 3.72. The van der Waals surface area contributed by atoms with Crippen molar-refractivity contribution in [1.29, 1.82) is 0 Å². The van der Waals surface area contributed by atoms with E-state index in [4.69, 9.17) is 0 Å². The first-order chi connectivity index (χ1) is 8.53. The van der Waals surface area contributed by atoms with Crippen LogP contribution in [0.5, 0.6) is 0 Å². The van der Waals surface area contributed by atoms with Gasteiger partial charge in [0.05, 0.1) is 5.25 Å². The zero-order valence-electron chi connectivity index (χ0n) is 11.6. The number of carbonyl (C=O) groups is 1. The van der Waals surface area contributed by atoms with Gasteiger partial charge in [-0.2, -0.15) is 11.8 Å². The molecule has 0 aromatic rings. The summed E-state index contributed by atoms with van der Waals surface area (Å²) in [5.74, 6) is 3.52. The van der Waals surface area contributed by atoms with Gasteiger partial charge in [-0.1, -0.05) is 20.8 Å². The number of carbonyl (C=O) groups excluding carboxylic acids is 1. The molecule has 2 aliphatic heterocycles. The number of hydrogen-bond donors (Lipinski definition) is 1. The molecule has 2 saturated heterocycles. The highest BCUT2D eigenvalue weighted by molar-refractivity contribution is 8.07. The zero-order valence-corrected chi connectivity index (χ0v) is 13.2. The Hall–Kier alpha value is 0.130. The first-order valence-electron chi connectivity index (χ1n) is 6.75. The minimum absolute atomic E-state index is 0.162. The van der Waals surface area contributed by atoms with E-state index in [0.717, 1.165) is 31.1 Å². The van der Waals surface area contributed by atoms with Gasteiger partial charge in [-0.15, -0.1) is 11.8 Å². The minimum Gasteiger partial charge on any atom is -0.351 e. The molecule has 1 N–H and O–H groups in total. The van der Waals surface area contributed by atoms with Crippen molar-refractivity contribution >= 4 is 29.4 Å². The van der Waals surface area contributed by atoms with Crippen LogP contribution in [0.15, 0.2) is 0 Å². The molecule has 104 valence electrons. The number of rotatable bonds is 3. The van der Waals surface area contributed by atoms with Crippen LogP contribution in [0.4, 0.5) is 0 Å². The predicted molar refractivity (Wildman–Crippen MR) is 81.4 cm³/mol. The van der Waals surface area contributed by atoms with Gasteiger partial charge in [0.15, 0.2) is 0 Å². The molecule has 18 heavy (non-hydrogen) atoms. The highest BCUT2D eigenvalue weighted by atomic mass is 32.2. The normalized spacial score (nSPS) is 32.4. The van der Waals surface area contributed by atoms with Crippen LogP contribution in [0.2, 0.25) is 0 Å². The third-order valence-corrected chi connectivity index (χ3v) is 6.64. The fourth-order valence-corrected chi connectivity index (χ4v) is 5.21. The number of hydrogen-bond acceptors (Lipinski definition) is 4. The van der Waals surface area contributed by atoms with Crippen LogP contribution in [-0.2, 0) is 4.79 Å². The van der Waals surface area contributed by atoms with Crippen molar-refractivity contribution in [1.82, 2.24) is 10.2 Å². The summed E-state index contributed by atoms with van der Waals surface area (Å²) in [6, 6.07) is 0.303. The maximum atomic E-state index is 12.3. The van der Waals surface area contributed by atoms with E-state index in [2.05, 4.69) is 31.0 Å². The summed E-state index contributed by atoms with van der Waals surface area (Å²) in [6.07, 6.45) is 0. The lowest BCUT2D eigenvalue weighted by Gasteiger charge is -2.29. The van der Waals surface area contributed by atoms with Gasteiger partial charge < -0.3 is 10.2 Å². The summed E-state index contributed by atoms with van der Waals surface area (Å²) in [4.78, 5) is 14.7. The average molecular weight is 288 g/mol. The molecule has 2 unspecified atom stereocenters. The monoisotopic (exact) mass is 288 g/mol. The molecular formula is C13H24N2OS2. The second kappa shape index (κ2) is 6.06. The van der Waals surface area contributed by atoms with Gasteiger partial charge in [-0.3, -0.25) is 4.79 Å². The van der Waals surface area contributed by atoms with Gasteiger partial charge in [0, 0.05) is 36.4 Å². The standard InChI is InChI=1S/C13H24N2OS2/c1-4-15-7-11(13(2,3)9-15)14-12(16)10-8-17-5-6-18-10/h10-11H,4-9H2,1-3H3,(H,14,16). The third kappa shape index (κ3) is 3.36. The Bertz CT molecular complexity index is 303. The molecular weight excluding hydrogens is 264 g/mol. The molecule has 1 amide bonds. The minimum atomic E-state index is 0.162. The van der Waals surface area contributed by atoms with Crippen molar-refractivity contribution in [3.63, 3.8) is 0 Å². The van der Waals surface area contributed by atoms with E-state index in [1.165, 1.54) is 5.75 Å². The van der Waals surface area contributed by atoms with E-state index < -0.39 is 0 Å². The summed E-state index contributed by atoms with van der Waals surface area (Å²) in [5.41, 5.74) is 0.193. The van der Waals surface area contributed by atoms with Gasteiger partial charge >= 0.3 is 0 Å². The Morgan fingerprint density at radius 2 is 2.22 bits per heavy atom. The molecule has 2 aliphatic rings. The van der Waals surface area contributed by atoms with Crippen LogP contribution >= 0.6 is 23.5 Å². The van der Waals surface area contributed by atoms with Crippen molar-refractivity contribution < 1.29 is 4.79 Å². The lowest BCUT2D eigenvalue weighted by atomic mass is 9.88. The molecule has 0 radical (unpaired) electrons. The molecule has 2 rings (SSSR count). The van der Waals surface area contributed by atoms with Crippen LogP contribution < -0.4 is 5.32 Å². The molecule has 0 aliphatic carbocycles. The molecule has 2 heterocycles. The summed E-state index contributed by atoms with van der Waals surface area (Å²) in [5, 5.41) is 3.45. The number of amides is 1. The van der Waals surface area contributed by atoms with Crippen molar-refractivity contribution in [2.75, 3.05) is 36.9 Å². The van der Waals surface area contributed by atoms with Crippen molar-refractivity contribution in [3.8, 4) is 0 Å². The highest BCUT2D eigenvalue weighted by Crippen LogP contribution is 2.30. The fraction of sp³-hybridized carbons (Fsp3) is 0.923. The van der Waals surface area contributed by atoms with Crippen LogP contribution in [-0.4, -0.2) is 59.0 Å². The van der Waals surface area contributed by atoms with Crippen LogP contribution in [0, 0.1) is 5.41 Å². The summed E-state index contributed by atoms with van der Waals surface area (Å²) in [6.45, 7) is 9.87. The number of thioether (sulfide) groups is 2. The second-order valence-corrected chi connectivity index (χ2v) is 8.27. The largest absolute Gasteiger partial charge is 0.351 e. The van der Waals surface area contributed by atoms with E-state index in [0.29, 0.717) is 6.04 Å². The van der Waals surface area contributed by atoms with Crippen LogP contribution in [0.3, 0.4) is 0 Å². The first kappa shape index (κ1) is 14.5. The van der Waals surface area contributed by atoms with Crippen molar-refractivity contribution in [2.24, 2.45) is 5.41 Å². The first-order valence-corrected chi connectivity index (χ1v) is 8.95. The van der Waals surface area contributed by atoms with E-state index >= 15 is 0 Å². The van der Waals surface area contributed by atoms with Gasteiger partial charge in [0.2, 0.25) is 5.91 Å². The second-order valence-electron chi connectivity index (χ2n) is 5.81. The Labute approximate surface area is 119 Å². The third-order valence-electron chi connectivity index (χ3n) is 3.89. The zero-order chi connectivity index (χ0) is 13.2. The average Bonchev–Trinajstić information content (AvgIpc) is 2.65. The van der Waals surface area contributed by atoms with E-state index in [9.17, 15) is 4.79 Å². The van der Waals surface area contributed by atoms with E-state index in [1.807, 2.05) is 23.5 Å². The summed E-state index contributed by atoms with van der Waals surface area (Å²) < 4.78 is 0. The summed E-state index contributed by atoms with van der Waals surface area (Å²) in [7, 11) is 0. The van der Waals surface area contributed by atoms with E-state index in [1.54, 1.807) is 0 Å².